The average molecular weight is 253 g/mol. The van der Waals surface area contributed by atoms with E-state index in [1.807, 2.05) is 61.5 Å². The van der Waals surface area contributed by atoms with Gasteiger partial charge in [0.15, 0.2) is 0 Å². The van der Waals surface area contributed by atoms with E-state index in [1.54, 1.807) is 0 Å². The molecular weight excluding hydrogens is 238 g/mol. The van der Waals surface area contributed by atoms with Gasteiger partial charge in [0.25, 0.3) is 0 Å². The van der Waals surface area contributed by atoms with Crippen LogP contribution in [0, 0.1) is 11.3 Å². The molecule has 2 rings (SSSR count). The second kappa shape index (κ2) is 8.97. The molecule has 16 heavy (non-hydrogen) atoms. The van der Waals surface area contributed by atoms with Crippen molar-refractivity contribution in [1.82, 2.24) is 0 Å². The summed E-state index contributed by atoms with van der Waals surface area (Å²) in [4.78, 5) is 0. The van der Waals surface area contributed by atoms with Crippen LogP contribution < -0.4 is 0 Å². The molecule has 90 valence electrons. The normalized spacial score (nSPS) is 10.2. The molecule has 0 amide bonds. The molecule has 0 aliphatic heterocycles. The molecule has 0 aromatic heterocycles. The molecular formula is C14H15FeN-6. The van der Waals surface area contributed by atoms with Crippen molar-refractivity contribution in [2.75, 3.05) is 0 Å². The van der Waals surface area contributed by atoms with Crippen molar-refractivity contribution < 1.29 is 17.1 Å². The van der Waals surface area contributed by atoms with Crippen LogP contribution >= 0.6 is 0 Å². The van der Waals surface area contributed by atoms with Gasteiger partial charge in [-0.25, -0.2) is 12.1 Å². The van der Waals surface area contributed by atoms with E-state index in [9.17, 15) is 0 Å². The van der Waals surface area contributed by atoms with E-state index in [-0.39, 0.29) is 23.0 Å². The van der Waals surface area contributed by atoms with Crippen LogP contribution in [0.5, 0.6) is 0 Å². The minimum atomic E-state index is 0. The van der Waals surface area contributed by atoms with Crippen LogP contribution in [0.3, 0.4) is 0 Å². The van der Waals surface area contributed by atoms with Crippen LogP contribution in [-0.2, 0) is 17.1 Å². The molecule has 0 aliphatic rings. The summed E-state index contributed by atoms with van der Waals surface area (Å²) in [5.74, 6) is 0.0926. The Morgan fingerprint density at radius 3 is 1.88 bits per heavy atom. The molecule has 0 radical (unpaired) electrons. The first-order valence-corrected chi connectivity index (χ1v) is 5.16. The topological polar surface area (TPSA) is 23.8 Å². The minimum Gasteiger partial charge on any atom is -0.748 e. The summed E-state index contributed by atoms with van der Waals surface area (Å²) in [5.41, 5.74) is 1.14. The van der Waals surface area contributed by atoms with Crippen LogP contribution in [0.4, 0.5) is 0 Å². The fraction of sp³-hybridized carbons (Fsp3) is 0.214. The molecule has 2 aromatic rings. The van der Waals surface area contributed by atoms with E-state index in [1.165, 1.54) is 0 Å². The first-order valence-electron chi connectivity index (χ1n) is 5.16. The van der Waals surface area contributed by atoms with E-state index >= 15 is 0 Å². The summed E-state index contributed by atoms with van der Waals surface area (Å²) in [6.45, 7) is 2.03. The first kappa shape index (κ1) is 14.7. The Hall–Kier alpha value is -1.29. The molecule has 0 aliphatic carbocycles. The zero-order chi connectivity index (χ0) is 10.9. The summed E-state index contributed by atoms with van der Waals surface area (Å²) in [6.07, 6.45) is 0.903. The molecule has 0 heterocycles. The van der Waals surface area contributed by atoms with Gasteiger partial charge in [-0.3, -0.25) is 0 Å². The van der Waals surface area contributed by atoms with E-state index in [0.717, 1.165) is 12.0 Å². The Kier molecular flexibility index (Phi) is 8.25. The monoisotopic (exact) mass is 253 g/mol. The number of nitriles is 1. The number of hydrogen-bond acceptors (Lipinski definition) is 1. The van der Waals surface area contributed by atoms with E-state index in [4.69, 9.17) is 5.26 Å². The van der Waals surface area contributed by atoms with Crippen molar-refractivity contribution in [3.63, 3.8) is 0 Å². The number of rotatable bonds is 2. The first-order chi connectivity index (χ1) is 7.38. The smallest absolute Gasteiger partial charge is 0.0576 e. The van der Waals surface area contributed by atoms with E-state index < -0.39 is 0 Å². The van der Waals surface area contributed by atoms with Gasteiger partial charge in [-0.15, -0.1) is 5.56 Å². The van der Waals surface area contributed by atoms with Crippen molar-refractivity contribution in [2.45, 2.75) is 19.3 Å². The van der Waals surface area contributed by atoms with Crippen molar-refractivity contribution >= 4 is 0 Å². The van der Waals surface area contributed by atoms with Gasteiger partial charge in [-0.2, -0.15) is 17.4 Å². The minimum absolute atomic E-state index is 0. The molecule has 1 unspecified atom stereocenters. The van der Waals surface area contributed by atoms with E-state index in [2.05, 4.69) is 6.07 Å². The quantitative estimate of drug-likeness (QED) is 0.589. The van der Waals surface area contributed by atoms with Gasteiger partial charge >= 0.3 is 0 Å². The second-order valence-electron chi connectivity index (χ2n) is 3.27. The predicted molar refractivity (Wildman–Crippen MR) is 62.7 cm³/mol. The third-order valence-electron chi connectivity index (χ3n) is 2.21. The van der Waals surface area contributed by atoms with Crippen molar-refractivity contribution in [3.8, 4) is 6.07 Å². The summed E-state index contributed by atoms with van der Waals surface area (Å²) in [7, 11) is 0. The summed E-state index contributed by atoms with van der Waals surface area (Å²) in [6, 6.07) is 20.2. The second-order valence-corrected chi connectivity index (χ2v) is 3.27. The van der Waals surface area contributed by atoms with Crippen LogP contribution in [-0.4, -0.2) is 0 Å². The Morgan fingerprint density at radius 1 is 1.12 bits per heavy atom. The maximum absolute atomic E-state index is 8.65. The van der Waals surface area contributed by atoms with Gasteiger partial charge in [0.2, 0.25) is 0 Å². The Labute approximate surface area is 108 Å². The van der Waals surface area contributed by atoms with Crippen molar-refractivity contribution in [2.24, 2.45) is 0 Å². The van der Waals surface area contributed by atoms with E-state index in [0.29, 0.717) is 0 Å². The van der Waals surface area contributed by atoms with Gasteiger partial charge < -0.3 is 30.3 Å². The zero-order valence-corrected chi connectivity index (χ0v) is 10.4. The third-order valence-corrected chi connectivity index (χ3v) is 2.21. The van der Waals surface area contributed by atoms with Crippen LogP contribution in [0.25, 0.3) is 0 Å². The summed E-state index contributed by atoms with van der Waals surface area (Å²) >= 11 is 0. The molecule has 1 nitrogen and oxygen atoms in total. The molecule has 0 bridgehead atoms. The van der Waals surface area contributed by atoms with Crippen LogP contribution in [0.2, 0.25) is 0 Å². The third kappa shape index (κ3) is 4.98. The van der Waals surface area contributed by atoms with Crippen LogP contribution in [0.15, 0.2) is 54.6 Å². The van der Waals surface area contributed by atoms with Crippen molar-refractivity contribution in [3.05, 3.63) is 60.2 Å². The van der Waals surface area contributed by atoms with Gasteiger partial charge in [0.1, 0.15) is 0 Å². The fourth-order valence-electron chi connectivity index (χ4n) is 1.34. The maximum atomic E-state index is 8.65. The maximum Gasteiger partial charge on any atom is 0.0576 e. The van der Waals surface area contributed by atoms with Gasteiger partial charge in [0.05, 0.1) is 6.07 Å². The molecule has 2 heteroatoms. The van der Waals surface area contributed by atoms with Crippen LogP contribution in [0.1, 0.15) is 24.8 Å². The Morgan fingerprint density at radius 2 is 1.56 bits per heavy atom. The SMILES string of the molecule is CCC(C#N)[c-]1cccc1.[Fe].[cH-]1[cH-][cH-][cH-][cH-]1. The number of hydrogen-bond donors (Lipinski definition) is 0. The van der Waals surface area contributed by atoms with Gasteiger partial charge in [0, 0.05) is 23.0 Å². The Bertz CT molecular complexity index is 350. The molecule has 0 saturated carbocycles. The Balaban J connectivity index is 0.000000318. The van der Waals surface area contributed by atoms with Gasteiger partial charge in [-0.05, 0) is 6.42 Å². The predicted octanol–water partition coefficient (Wildman–Crippen LogP) is 3.83. The summed E-state index contributed by atoms with van der Waals surface area (Å²) < 4.78 is 0. The molecule has 0 N–H and O–H groups in total. The molecule has 0 saturated heterocycles. The van der Waals surface area contributed by atoms with Crippen molar-refractivity contribution in [1.29, 1.82) is 5.26 Å². The number of nitrogens with zero attached hydrogens (tertiary/aromatic N) is 1. The average Bonchev–Trinajstić information content (AvgIpc) is 2.96. The molecule has 1 atom stereocenters. The standard InChI is InChI=1S/C9H10N.C5H5.Fe/c1-2-8(7-10)9-5-3-4-6-9;1-2-4-5-3-1;/h3-6,8H,2H2,1H3;1-5H;/q-1;-5;. The van der Waals surface area contributed by atoms with Gasteiger partial charge in [-0.1, -0.05) is 6.92 Å². The zero-order valence-electron chi connectivity index (χ0n) is 9.28. The fourth-order valence-corrected chi connectivity index (χ4v) is 1.34. The molecule has 0 fully saturated rings. The largest absolute Gasteiger partial charge is 0.748 e. The summed E-state index contributed by atoms with van der Waals surface area (Å²) in [5, 5.41) is 8.65. The molecule has 2 aromatic carbocycles. The molecule has 0 spiro atoms.